The Bertz CT molecular complexity index is 409. The molecule has 1 aromatic heterocycles. The van der Waals surface area contributed by atoms with E-state index in [1.807, 2.05) is 0 Å². The molecule has 112 valence electrons. The first-order chi connectivity index (χ1) is 8.18. The van der Waals surface area contributed by atoms with Crippen LogP contribution in [0.1, 0.15) is 0 Å². The molecule has 0 saturated carbocycles. The van der Waals surface area contributed by atoms with Gasteiger partial charge in [-0.2, -0.15) is 30.6 Å². The first-order valence-corrected chi connectivity index (χ1v) is 6.59. The van der Waals surface area contributed by atoms with Crippen LogP contribution in [-0.2, 0) is 9.13 Å². The number of anilines is 3. The standard InChI is InChI=1S/C3H6N6.3Mg.2H3O4P/c4-1-7-2(5)9-3(6)8-1;;;;2*1-5(2,3)4/h(H6,4,5,6,7,8,9);;;;2*(H3,1,2,3,4)/q;3*+2;;/p-6. The molecule has 0 fully saturated rings. The van der Waals surface area contributed by atoms with Gasteiger partial charge in [-0.1, -0.05) is 0 Å². The van der Waals surface area contributed by atoms with E-state index in [1.165, 1.54) is 0 Å². The molecule has 0 saturated heterocycles. The van der Waals surface area contributed by atoms with Gasteiger partial charge in [-0.3, -0.25) is 0 Å². The summed E-state index contributed by atoms with van der Waals surface area (Å²) in [4.78, 5) is 61.8. The average Bonchev–Trinajstić information content (AvgIpc) is 1.91. The predicted octanol–water partition coefficient (Wildman–Crippen LogP) is -8.17. The fraction of sp³-hybridized carbons (Fsp3) is 0. The molecule has 0 bridgehead atoms. The molecule has 0 aromatic carbocycles. The van der Waals surface area contributed by atoms with Crippen LogP contribution in [0.2, 0.25) is 0 Å². The number of hydrogen-bond donors (Lipinski definition) is 3. The first kappa shape index (κ1) is 34.3. The molecule has 0 unspecified atom stereocenters. The van der Waals surface area contributed by atoms with Crippen LogP contribution in [0.3, 0.4) is 0 Å². The van der Waals surface area contributed by atoms with Gasteiger partial charge in [-0.15, -0.1) is 0 Å². The molecule has 22 heavy (non-hydrogen) atoms. The molecule has 19 heteroatoms. The number of nitrogen functional groups attached to an aromatic ring is 3. The number of phosphoric acid groups is 2. The Morgan fingerprint density at radius 3 is 0.773 bits per heavy atom. The Morgan fingerprint density at radius 2 is 0.682 bits per heavy atom. The zero-order valence-corrected chi connectivity index (χ0v) is 16.9. The van der Waals surface area contributed by atoms with Crippen LogP contribution in [0.15, 0.2) is 0 Å². The van der Waals surface area contributed by atoms with Crippen molar-refractivity contribution in [3.63, 3.8) is 0 Å². The molecule has 0 atom stereocenters. The van der Waals surface area contributed by atoms with Crippen molar-refractivity contribution >= 4 is 103 Å². The van der Waals surface area contributed by atoms with E-state index in [4.69, 9.17) is 55.7 Å². The van der Waals surface area contributed by atoms with E-state index in [-0.39, 0.29) is 87.0 Å². The first-order valence-electron chi connectivity index (χ1n) is 3.67. The topological polar surface area (TPSA) is 289 Å². The van der Waals surface area contributed by atoms with Gasteiger partial charge in [0.1, 0.15) is 0 Å². The molecular formula is C3H6Mg3N6O8P2. The fourth-order valence-electron chi connectivity index (χ4n) is 0.427. The monoisotopic (exact) mass is 388 g/mol. The maximum absolute atomic E-state index is 8.55. The van der Waals surface area contributed by atoms with Crippen molar-refractivity contribution < 1.29 is 38.5 Å². The van der Waals surface area contributed by atoms with Crippen molar-refractivity contribution in [2.75, 3.05) is 17.2 Å². The van der Waals surface area contributed by atoms with Crippen molar-refractivity contribution in [2.45, 2.75) is 0 Å². The summed E-state index contributed by atoms with van der Waals surface area (Å²) in [5.41, 5.74) is 15.4. The van der Waals surface area contributed by atoms with Crippen molar-refractivity contribution in [1.29, 1.82) is 0 Å². The summed E-state index contributed by atoms with van der Waals surface area (Å²) in [6, 6.07) is 0. The second-order valence-corrected chi connectivity index (χ2v) is 4.09. The van der Waals surface area contributed by atoms with Gasteiger partial charge >= 0.3 is 69.2 Å². The molecule has 0 aliphatic heterocycles. The number of aromatic nitrogens is 3. The molecule has 6 N–H and O–H groups in total. The molecule has 0 aliphatic rings. The van der Waals surface area contributed by atoms with Crippen molar-refractivity contribution in [2.24, 2.45) is 0 Å². The maximum Gasteiger partial charge on any atom is 2.00 e. The molecule has 0 aliphatic carbocycles. The summed E-state index contributed by atoms with van der Waals surface area (Å²) in [5.74, 6) is 0.125. The number of hydrogen-bond acceptors (Lipinski definition) is 14. The Kier molecular flexibility index (Phi) is 24.1. The Labute approximate surface area is 172 Å². The molecule has 14 nitrogen and oxygen atoms in total. The van der Waals surface area contributed by atoms with E-state index in [1.54, 1.807) is 0 Å². The quantitative estimate of drug-likeness (QED) is 0.274. The Balaban J connectivity index is -0.0000000659. The molecule has 0 radical (unpaired) electrons. The van der Waals surface area contributed by atoms with Crippen LogP contribution in [0.25, 0.3) is 0 Å². The van der Waals surface area contributed by atoms with Gasteiger partial charge in [0.15, 0.2) is 0 Å². The van der Waals surface area contributed by atoms with Gasteiger partial charge < -0.3 is 55.7 Å². The van der Waals surface area contributed by atoms with Gasteiger partial charge in [0.25, 0.3) is 0 Å². The van der Waals surface area contributed by atoms with Gasteiger partial charge in [0, 0.05) is 0 Å². The summed E-state index contributed by atoms with van der Waals surface area (Å²) in [6.45, 7) is 0. The van der Waals surface area contributed by atoms with Crippen LogP contribution in [0, 0.1) is 0 Å². The molecule has 0 amide bonds. The molecule has 1 heterocycles. The van der Waals surface area contributed by atoms with Crippen LogP contribution in [-0.4, -0.2) is 84.1 Å². The van der Waals surface area contributed by atoms with Gasteiger partial charge in [0.05, 0.1) is 0 Å². The fourth-order valence-corrected chi connectivity index (χ4v) is 0.427. The Hall–Kier alpha value is 0.929. The summed E-state index contributed by atoms with van der Waals surface area (Å²) in [5, 5.41) is 0. The van der Waals surface area contributed by atoms with Crippen LogP contribution < -0.4 is 46.6 Å². The normalized spacial score (nSPS) is 9.18. The number of rotatable bonds is 0. The average molecular weight is 389 g/mol. The predicted molar refractivity (Wildman–Crippen MR) is 65.5 cm³/mol. The number of nitrogens with zero attached hydrogens (tertiary/aromatic N) is 3. The summed E-state index contributed by atoms with van der Waals surface area (Å²) >= 11 is 0. The molecule has 0 spiro atoms. The second kappa shape index (κ2) is 15.5. The molecular weight excluding hydrogens is 383 g/mol. The van der Waals surface area contributed by atoms with E-state index >= 15 is 0 Å². The third kappa shape index (κ3) is 49.7. The number of nitrogens with two attached hydrogens (primary N) is 3. The molecule has 1 rings (SSSR count). The van der Waals surface area contributed by atoms with Crippen LogP contribution in [0.5, 0.6) is 0 Å². The third-order valence-electron chi connectivity index (χ3n) is 0.687. The smallest absolute Gasteiger partial charge is 0.822 e. The minimum Gasteiger partial charge on any atom is -0.822 e. The summed E-state index contributed by atoms with van der Waals surface area (Å²) in [7, 11) is -10.8. The van der Waals surface area contributed by atoms with E-state index in [0.29, 0.717) is 0 Å². The van der Waals surface area contributed by atoms with Crippen molar-refractivity contribution in [1.82, 2.24) is 15.0 Å². The summed E-state index contributed by atoms with van der Waals surface area (Å²) < 4.78 is 17.1. The van der Waals surface area contributed by atoms with E-state index < -0.39 is 15.6 Å². The van der Waals surface area contributed by atoms with Crippen LogP contribution in [0.4, 0.5) is 17.8 Å². The zero-order valence-electron chi connectivity index (χ0n) is 10.9. The van der Waals surface area contributed by atoms with Gasteiger partial charge in [-0.25, -0.2) is 0 Å². The third-order valence-corrected chi connectivity index (χ3v) is 0.687. The Morgan fingerprint density at radius 1 is 0.591 bits per heavy atom. The van der Waals surface area contributed by atoms with Crippen molar-refractivity contribution in [3.05, 3.63) is 0 Å². The van der Waals surface area contributed by atoms with Gasteiger partial charge in [0.2, 0.25) is 17.8 Å². The van der Waals surface area contributed by atoms with E-state index in [2.05, 4.69) is 15.0 Å². The largest absolute Gasteiger partial charge is 2.00 e. The summed E-state index contributed by atoms with van der Waals surface area (Å²) in [6.07, 6.45) is 0. The van der Waals surface area contributed by atoms with Crippen molar-refractivity contribution in [3.8, 4) is 0 Å². The second-order valence-electron chi connectivity index (χ2n) is 2.30. The van der Waals surface area contributed by atoms with Gasteiger partial charge in [-0.05, 0) is 0 Å². The SMILES string of the molecule is Nc1nc(N)nc(N)n1.O=P([O-])([O-])[O-].O=P([O-])([O-])[O-].[Mg+2].[Mg+2].[Mg+2]. The molecule has 1 aromatic rings. The minimum atomic E-state index is -5.39. The zero-order chi connectivity index (χ0) is 15.9. The minimum absolute atomic E-state index is 0. The van der Waals surface area contributed by atoms with Crippen LogP contribution >= 0.6 is 15.6 Å². The van der Waals surface area contributed by atoms with E-state index in [0.717, 1.165) is 0 Å². The van der Waals surface area contributed by atoms with E-state index in [9.17, 15) is 0 Å². The maximum atomic E-state index is 8.55.